The number of aromatic nitrogens is 2. The third kappa shape index (κ3) is 3.76. The van der Waals surface area contributed by atoms with Gasteiger partial charge in [-0.1, -0.05) is 42.8 Å². The average Bonchev–Trinajstić information content (AvgIpc) is 3.42. The van der Waals surface area contributed by atoms with Crippen molar-refractivity contribution in [3.8, 4) is 28.6 Å². The number of hydrogen-bond donors (Lipinski definition) is 1. The highest BCUT2D eigenvalue weighted by molar-refractivity contribution is 6.00. The van der Waals surface area contributed by atoms with Crippen LogP contribution in [-0.4, -0.2) is 35.7 Å². The molecule has 0 amide bonds. The molecule has 2 heterocycles. The van der Waals surface area contributed by atoms with Gasteiger partial charge in [-0.05, 0) is 37.1 Å². The monoisotopic (exact) mass is 376 g/mol. The first-order valence-electron chi connectivity index (χ1n) is 9.77. The van der Waals surface area contributed by atoms with Crippen molar-refractivity contribution in [2.45, 2.75) is 26.7 Å². The van der Waals surface area contributed by atoms with Gasteiger partial charge in [0.25, 0.3) is 5.89 Å². The molecule has 3 aromatic rings. The molecule has 6 heteroatoms. The SMILES string of the molecule is CCCc1cc(-c2nc(-c3ccc(C4=NCCN4)cc3)no2)ccc1OCC. The van der Waals surface area contributed by atoms with E-state index in [1.807, 2.05) is 43.3 Å². The summed E-state index contributed by atoms with van der Waals surface area (Å²) in [5.41, 5.74) is 4.06. The van der Waals surface area contributed by atoms with E-state index in [4.69, 9.17) is 9.26 Å². The summed E-state index contributed by atoms with van der Waals surface area (Å²) in [6.45, 7) is 6.53. The second kappa shape index (κ2) is 8.25. The molecule has 144 valence electrons. The summed E-state index contributed by atoms with van der Waals surface area (Å²) in [6, 6.07) is 14.1. The number of nitrogens with zero attached hydrogens (tertiary/aromatic N) is 3. The van der Waals surface area contributed by atoms with Crippen molar-refractivity contribution in [2.24, 2.45) is 4.99 Å². The van der Waals surface area contributed by atoms with Crippen molar-refractivity contribution in [1.29, 1.82) is 0 Å². The van der Waals surface area contributed by atoms with E-state index in [2.05, 4.69) is 33.4 Å². The van der Waals surface area contributed by atoms with Gasteiger partial charge in [0.1, 0.15) is 11.6 Å². The maximum absolute atomic E-state index is 5.73. The van der Waals surface area contributed by atoms with Gasteiger partial charge >= 0.3 is 0 Å². The van der Waals surface area contributed by atoms with Gasteiger partial charge in [-0.2, -0.15) is 4.98 Å². The Bertz CT molecular complexity index is 976. The molecule has 28 heavy (non-hydrogen) atoms. The van der Waals surface area contributed by atoms with Gasteiger partial charge in [0, 0.05) is 23.2 Å². The highest BCUT2D eigenvalue weighted by Crippen LogP contribution is 2.28. The average molecular weight is 376 g/mol. The Kier molecular flexibility index (Phi) is 5.37. The number of hydrogen-bond acceptors (Lipinski definition) is 6. The van der Waals surface area contributed by atoms with Gasteiger partial charge in [-0.15, -0.1) is 0 Å². The maximum atomic E-state index is 5.73. The zero-order valence-electron chi connectivity index (χ0n) is 16.2. The number of nitrogens with one attached hydrogen (secondary N) is 1. The van der Waals surface area contributed by atoms with E-state index in [1.54, 1.807) is 0 Å². The first-order valence-corrected chi connectivity index (χ1v) is 9.77. The number of benzene rings is 2. The molecule has 6 nitrogen and oxygen atoms in total. The Hall–Kier alpha value is -3.15. The molecule has 0 atom stereocenters. The largest absolute Gasteiger partial charge is 0.494 e. The van der Waals surface area contributed by atoms with Gasteiger partial charge in [0.2, 0.25) is 5.82 Å². The molecular weight excluding hydrogens is 352 g/mol. The fraction of sp³-hybridized carbons (Fsp3) is 0.318. The van der Waals surface area contributed by atoms with Gasteiger partial charge < -0.3 is 14.6 Å². The van der Waals surface area contributed by atoms with Crippen LogP contribution < -0.4 is 10.1 Å². The van der Waals surface area contributed by atoms with E-state index in [0.29, 0.717) is 18.3 Å². The summed E-state index contributed by atoms with van der Waals surface area (Å²) in [6.07, 6.45) is 1.99. The minimum Gasteiger partial charge on any atom is -0.494 e. The van der Waals surface area contributed by atoms with Crippen molar-refractivity contribution in [1.82, 2.24) is 15.5 Å². The molecule has 0 radical (unpaired) electrons. The number of rotatable bonds is 7. The number of aliphatic imine (C=N–C) groups is 1. The molecule has 4 rings (SSSR count). The zero-order valence-corrected chi connectivity index (χ0v) is 16.2. The summed E-state index contributed by atoms with van der Waals surface area (Å²) in [7, 11) is 0. The van der Waals surface area contributed by atoms with E-state index in [1.165, 1.54) is 0 Å². The van der Waals surface area contributed by atoms with E-state index >= 15 is 0 Å². The van der Waals surface area contributed by atoms with Crippen LogP contribution in [0.4, 0.5) is 0 Å². The maximum Gasteiger partial charge on any atom is 0.258 e. The molecular formula is C22H24N4O2. The van der Waals surface area contributed by atoms with E-state index in [9.17, 15) is 0 Å². The number of amidine groups is 1. The first-order chi connectivity index (χ1) is 13.8. The molecule has 0 aliphatic carbocycles. The summed E-state index contributed by atoms with van der Waals surface area (Å²) < 4.78 is 11.3. The molecule has 0 spiro atoms. The third-order valence-corrected chi connectivity index (χ3v) is 4.64. The number of ether oxygens (including phenoxy) is 1. The predicted octanol–water partition coefficient (Wildman–Crippen LogP) is 4.10. The lowest BCUT2D eigenvalue weighted by Gasteiger charge is -2.10. The van der Waals surface area contributed by atoms with E-state index in [0.717, 1.165) is 59.8 Å². The van der Waals surface area contributed by atoms with Gasteiger partial charge in [0.15, 0.2) is 0 Å². The smallest absolute Gasteiger partial charge is 0.258 e. The zero-order chi connectivity index (χ0) is 19.3. The minimum absolute atomic E-state index is 0.515. The summed E-state index contributed by atoms with van der Waals surface area (Å²) in [5, 5.41) is 7.44. The first kappa shape index (κ1) is 18.2. The molecule has 1 aromatic heterocycles. The molecule has 2 aromatic carbocycles. The van der Waals surface area contributed by atoms with Crippen molar-refractivity contribution >= 4 is 5.84 Å². The van der Waals surface area contributed by atoms with Crippen LogP contribution in [0, 0.1) is 0 Å². The lowest BCUT2D eigenvalue weighted by Crippen LogP contribution is -2.19. The van der Waals surface area contributed by atoms with Crippen LogP contribution >= 0.6 is 0 Å². The normalized spacial score (nSPS) is 13.3. The van der Waals surface area contributed by atoms with Crippen LogP contribution in [0.15, 0.2) is 52.0 Å². The Balaban J connectivity index is 1.58. The van der Waals surface area contributed by atoms with E-state index in [-0.39, 0.29) is 0 Å². The second-order valence-electron chi connectivity index (χ2n) is 6.66. The quantitative estimate of drug-likeness (QED) is 0.672. The van der Waals surface area contributed by atoms with Gasteiger partial charge in [-0.25, -0.2) is 0 Å². The van der Waals surface area contributed by atoms with E-state index < -0.39 is 0 Å². The number of aryl methyl sites for hydroxylation is 1. The van der Waals surface area contributed by atoms with Crippen LogP contribution in [0.2, 0.25) is 0 Å². The molecule has 0 saturated heterocycles. The lowest BCUT2D eigenvalue weighted by atomic mass is 10.1. The predicted molar refractivity (Wildman–Crippen MR) is 110 cm³/mol. The lowest BCUT2D eigenvalue weighted by molar-refractivity contribution is 0.336. The highest BCUT2D eigenvalue weighted by atomic mass is 16.5. The Morgan fingerprint density at radius 3 is 2.54 bits per heavy atom. The van der Waals surface area contributed by atoms with Gasteiger partial charge in [0.05, 0.1) is 13.2 Å². The summed E-state index contributed by atoms with van der Waals surface area (Å²) in [4.78, 5) is 9.03. The summed E-state index contributed by atoms with van der Waals surface area (Å²) in [5.74, 6) is 2.96. The van der Waals surface area contributed by atoms with Gasteiger partial charge in [-0.3, -0.25) is 4.99 Å². The topological polar surface area (TPSA) is 72.5 Å². The third-order valence-electron chi connectivity index (χ3n) is 4.64. The van der Waals surface area contributed by atoms with Crippen molar-refractivity contribution in [3.05, 3.63) is 53.6 Å². The standard InChI is InChI=1S/C22H24N4O2/c1-3-5-17-14-18(10-11-19(17)27-4-2)22-25-21(26-28-22)16-8-6-15(7-9-16)20-23-12-13-24-20/h6-11,14H,3-5,12-13H2,1-2H3,(H,23,24). The molecule has 0 saturated carbocycles. The molecule has 1 aliphatic heterocycles. The van der Waals surface area contributed by atoms with Crippen LogP contribution in [0.3, 0.4) is 0 Å². The Labute approximate surface area is 164 Å². The van der Waals surface area contributed by atoms with Crippen molar-refractivity contribution in [3.63, 3.8) is 0 Å². The van der Waals surface area contributed by atoms with Crippen LogP contribution in [0.5, 0.6) is 5.75 Å². The molecule has 1 N–H and O–H groups in total. The molecule has 1 aliphatic rings. The van der Waals surface area contributed by atoms with Crippen molar-refractivity contribution < 1.29 is 9.26 Å². The fourth-order valence-corrected chi connectivity index (χ4v) is 3.30. The fourth-order valence-electron chi connectivity index (χ4n) is 3.30. The second-order valence-corrected chi connectivity index (χ2v) is 6.66. The molecule has 0 fully saturated rings. The van der Waals surface area contributed by atoms with Crippen LogP contribution in [0.25, 0.3) is 22.8 Å². The Morgan fingerprint density at radius 1 is 1.04 bits per heavy atom. The Morgan fingerprint density at radius 2 is 1.82 bits per heavy atom. The van der Waals surface area contributed by atoms with Crippen LogP contribution in [0.1, 0.15) is 31.4 Å². The minimum atomic E-state index is 0.515. The molecule has 0 unspecified atom stereocenters. The molecule has 0 bridgehead atoms. The van der Waals surface area contributed by atoms with Crippen molar-refractivity contribution in [2.75, 3.05) is 19.7 Å². The summed E-state index contributed by atoms with van der Waals surface area (Å²) >= 11 is 0. The highest BCUT2D eigenvalue weighted by Gasteiger charge is 2.14. The van der Waals surface area contributed by atoms with Crippen LogP contribution in [-0.2, 0) is 6.42 Å².